The number of carbonyl (C=O) groups excluding carboxylic acids is 2. The topological polar surface area (TPSA) is 49.4 Å². The van der Waals surface area contributed by atoms with Gasteiger partial charge in [0.05, 0.1) is 12.1 Å². The molecular weight excluding hydrogens is 319 g/mol. The number of nitrogens with one attached hydrogen (secondary N) is 1. The normalized spacial score (nSPS) is 15.2. The molecule has 0 aliphatic carbocycles. The lowest BCUT2D eigenvalue weighted by molar-refractivity contribution is -0.117. The highest BCUT2D eigenvalue weighted by atomic mass is 19.1. The Hall–Kier alpha value is -2.69. The van der Waals surface area contributed by atoms with Gasteiger partial charge in [-0.3, -0.25) is 9.59 Å². The summed E-state index contributed by atoms with van der Waals surface area (Å²) >= 11 is 0. The smallest absolute Gasteiger partial charge is 0.251 e. The van der Waals surface area contributed by atoms with Crippen molar-refractivity contribution in [3.05, 3.63) is 64.5 Å². The first-order valence-electron chi connectivity index (χ1n) is 8.60. The van der Waals surface area contributed by atoms with E-state index in [0.29, 0.717) is 24.9 Å². The summed E-state index contributed by atoms with van der Waals surface area (Å²) < 4.78 is 12.9. The zero-order chi connectivity index (χ0) is 17.4. The van der Waals surface area contributed by atoms with Crippen LogP contribution in [-0.2, 0) is 24.1 Å². The molecule has 4 nitrogen and oxygen atoms in total. The Labute approximate surface area is 145 Å². The fraction of sp³-hybridized carbons (Fsp3) is 0.300. The molecule has 0 aromatic heterocycles. The van der Waals surface area contributed by atoms with Crippen LogP contribution in [0, 0.1) is 5.82 Å². The molecule has 25 heavy (non-hydrogen) atoms. The lowest BCUT2D eigenvalue weighted by atomic mass is 9.96. The SMILES string of the molecule is O=C(NCCc1ccc(F)cc1)c1cc2c3c(c1)CC(=O)N3CCC2. The number of benzene rings is 2. The van der Waals surface area contributed by atoms with Crippen molar-refractivity contribution in [2.75, 3.05) is 18.0 Å². The number of hydrogen-bond donors (Lipinski definition) is 1. The van der Waals surface area contributed by atoms with E-state index in [2.05, 4.69) is 5.32 Å². The molecule has 128 valence electrons. The molecule has 0 fully saturated rings. The zero-order valence-electron chi connectivity index (χ0n) is 13.8. The van der Waals surface area contributed by atoms with Gasteiger partial charge in [0.15, 0.2) is 0 Å². The maximum Gasteiger partial charge on any atom is 0.251 e. The highest BCUT2D eigenvalue weighted by Crippen LogP contribution is 2.37. The Morgan fingerprint density at radius 1 is 1.16 bits per heavy atom. The van der Waals surface area contributed by atoms with Crippen molar-refractivity contribution < 1.29 is 14.0 Å². The number of aryl methyl sites for hydroxylation is 1. The molecule has 0 bridgehead atoms. The summed E-state index contributed by atoms with van der Waals surface area (Å²) in [6, 6.07) is 10.0. The zero-order valence-corrected chi connectivity index (χ0v) is 13.8. The fourth-order valence-electron chi connectivity index (χ4n) is 3.68. The molecule has 2 heterocycles. The first-order valence-corrected chi connectivity index (χ1v) is 8.60. The van der Waals surface area contributed by atoms with Crippen LogP contribution >= 0.6 is 0 Å². The van der Waals surface area contributed by atoms with Crippen LogP contribution in [0.4, 0.5) is 10.1 Å². The summed E-state index contributed by atoms with van der Waals surface area (Å²) in [4.78, 5) is 26.4. The van der Waals surface area contributed by atoms with Gasteiger partial charge in [-0.25, -0.2) is 4.39 Å². The third-order valence-corrected chi connectivity index (χ3v) is 4.88. The monoisotopic (exact) mass is 338 g/mol. The maximum atomic E-state index is 12.9. The van der Waals surface area contributed by atoms with Crippen LogP contribution in [-0.4, -0.2) is 24.9 Å². The Morgan fingerprint density at radius 3 is 2.72 bits per heavy atom. The molecule has 0 saturated heterocycles. The van der Waals surface area contributed by atoms with Gasteiger partial charge in [-0.05, 0) is 60.2 Å². The highest BCUT2D eigenvalue weighted by molar-refractivity contribution is 6.04. The molecule has 0 unspecified atom stereocenters. The third-order valence-electron chi connectivity index (χ3n) is 4.88. The van der Waals surface area contributed by atoms with E-state index in [4.69, 9.17) is 0 Å². The molecule has 0 atom stereocenters. The standard InChI is InChI=1S/C20H19FN2O2/c21-17-5-3-13(4-6-17)7-8-22-20(25)16-10-14-2-1-9-23-18(24)12-15(11-16)19(14)23/h3-6,10-11H,1-2,7-9,12H2,(H,22,25). The fourth-order valence-corrected chi connectivity index (χ4v) is 3.68. The van der Waals surface area contributed by atoms with E-state index in [-0.39, 0.29) is 17.6 Å². The third kappa shape index (κ3) is 3.02. The summed E-state index contributed by atoms with van der Waals surface area (Å²) in [6.07, 6.45) is 2.88. The molecule has 1 N–H and O–H groups in total. The molecule has 4 rings (SSSR count). The first kappa shape index (κ1) is 15.8. The van der Waals surface area contributed by atoms with Gasteiger partial charge in [0.2, 0.25) is 5.91 Å². The summed E-state index contributed by atoms with van der Waals surface area (Å²) in [5.74, 6) is -0.258. The molecule has 2 aromatic rings. The minimum absolute atomic E-state index is 0.127. The van der Waals surface area contributed by atoms with Crippen LogP contribution in [0.5, 0.6) is 0 Å². The quantitative estimate of drug-likeness (QED) is 0.932. The number of hydrogen-bond acceptors (Lipinski definition) is 2. The molecule has 5 heteroatoms. The summed E-state index contributed by atoms with van der Waals surface area (Å²) in [6.45, 7) is 1.27. The molecular formula is C20H19FN2O2. The second-order valence-electron chi connectivity index (χ2n) is 6.60. The largest absolute Gasteiger partial charge is 0.352 e. The van der Waals surface area contributed by atoms with E-state index in [0.717, 1.165) is 41.8 Å². The van der Waals surface area contributed by atoms with Crippen LogP contribution in [0.1, 0.15) is 33.5 Å². The molecule has 0 radical (unpaired) electrons. The van der Waals surface area contributed by atoms with Crippen molar-refractivity contribution >= 4 is 17.5 Å². The van der Waals surface area contributed by atoms with E-state index >= 15 is 0 Å². The molecule has 2 aromatic carbocycles. The predicted octanol–water partition coefficient (Wildman–Crippen LogP) is 2.63. The second kappa shape index (κ2) is 6.31. The molecule has 2 aliphatic heterocycles. The van der Waals surface area contributed by atoms with Crippen molar-refractivity contribution in [1.29, 1.82) is 0 Å². The number of anilines is 1. The minimum atomic E-state index is -0.261. The Morgan fingerprint density at radius 2 is 1.92 bits per heavy atom. The van der Waals surface area contributed by atoms with Crippen LogP contribution in [0.2, 0.25) is 0 Å². The number of amides is 2. The number of nitrogens with zero attached hydrogens (tertiary/aromatic N) is 1. The van der Waals surface area contributed by atoms with Crippen molar-refractivity contribution in [3.63, 3.8) is 0 Å². The summed E-state index contributed by atoms with van der Waals surface area (Å²) in [5, 5.41) is 2.91. The van der Waals surface area contributed by atoms with Crippen molar-refractivity contribution in [1.82, 2.24) is 5.32 Å². The van der Waals surface area contributed by atoms with E-state index in [1.165, 1.54) is 12.1 Å². The van der Waals surface area contributed by atoms with Crippen LogP contribution in [0.15, 0.2) is 36.4 Å². The number of halogens is 1. The van der Waals surface area contributed by atoms with E-state index in [1.54, 1.807) is 12.1 Å². The lowest BCUT2D eigenvalue weighted by Crippen LogP contribution is -2.31. The van der Waals surface area contributed by atoms with Crippen molar-refractivity contribution in [2.24, 2.45) is 0 Å². The average Bonchev–Trinajstić information content (AvgIpc) is 2.94. The molecule has 2 aliphatic rings. The van der Waals surface area contributed by atoms with Gasteiger partial charge in [0, 0.05) is 18.7 Å². The van der Waals surface area contributed by atoms with Crippen LogP contribution < -0.4 is 10.2 Å². The van der Waals surface area contributed by atoms with Gasteiger partial charge in [-0.15, -0.1) is 0 Å². The maximum absolute atomic E-state index is 12.9. The van der Waals surface area contributed by atoms with Crippen molar-refractivity contribution in [3.8, 4) is 0 Å². The average molecular weight is 338 g/mol. The Balaban J connectivity index is 1.45. The van der Waals surface area contributed by atoms with Crippen LogP contribution in [0.3, 0.4) is 0 Å². The number of rotatable bonds is 4. The summed E-state index contributed by atoms with van der Waals surface area (Å²) in [5.41, 5.74) is 4.68. The summed E-state index contributed by atoms with van der Waals surface area (Å²) in [7, 11) is 0. The Bertz CT molecular complexity index is 846. The Kier molecular flexibility index (Phi) is 3.99. The van der Waals surface area contributed by atoms with Crippen molar-refractivity contribution in [2.45, 2.75) is 25.7 Å². The van der Waals surface area contributed by atoms with E-state index in [1.807, 2.05) is 17.0 Å². The van der Waals surface area contributed by atoms with Gasteiger partial charge in [-0.1, -0.05) is 12.1 Å². The minimum Gasteiger partial charge on any atom is -0.352 e. The van der Waals surface area contributed by atoms with Gasteiger partial charge in [0.1, 0.15) is 5.82 Å². The van der Waals surface area contributed by atoms with Gasteiger partial charge >= 0.3 is 0 Å². The molecule has 0 spiro atoms. The van der Waals surface area contributed by atoms with Gasteiger partial charge < -0.3 is 10.2 Å². The second-order valence-corrected chi connectivity index (χ2v) is 6.60. The van der Waals surface area contributed by atoms with Crippen LogP contribution in [0.25, 0.3) is 0 Å². The van der Waals surface area contributed by atoms with Gasteiger partial charge in [-0.2, -0.15) is 0 Å². The first-order chi connectivity index (χ1) is 12.1. The lowest BCUT2D eigenvalue weighted by Gasteiger charge is -2.25. The highest BCUT2D eigenvalue weighted by Gasteiger charge is 2.32. The molecule has 0 saturated carbocycles. The molecule has 2 amide bonds. The van der Waals surface area contributed by atoms with E-state index in [9.17, 15) is 14.0 Å². The number of carbonyl (C=O) groups is 2. The van der Waals surface area contributed by atoms with E-state index < -0.39 is 0 Å². The predicted molar refractivity (Wildman–Crippen MR) is 93.3 cm³/mol. The van der Waals surface area contributed by atoms with Gasteiger partial charge in [0.25, 0.3) is 5.91 Å².